The van der Waals surface area contributed by atoms with Crippen LogP contribution in [0.25, 0.3) is 0 Å². The summed E-state index contributed by atoms with van der Waals surface area (Å²) >= 11 is 1.74. The van der Waals surface area contributed by atoms with Gasteiger partial charge in [0.05, 0.1) is 5.69 Å². The Morgan fingerprint density at radius 3 is 2.88 bits per heavy atom. The second-order valence-corrected chi connectivity index (χ2v) is 5.49. The van der Waals surface area contributed by atoms with Crippen LogP contribution in [-0.4, -0.2) is 18.1 Å². The fourth-order valence-electron chi connectivity index (χ4n) is 2.03. The fraction of sp³-hybridized carbons (Fsp3) is 0.769. The lowest BCUT2D eigenvalue weighted by Gasteiger charge is -2.13. The molecule has 0 radical (unpaired) electrons. The normalized spacial score (nSPS) is 19.2. The summed E-state index contributed by atoms with van der Waals surface area (Å²) in [5, 5.41) is 6.72. The highest BCUT2D eigenvalue weighted by atomic mass is 32.1. The zero-order valence-electron chi connectivity index (χ0n) is 10.9. The molecule has 0 aliphatic heterocycles. The predicted octanol–water partition coefficient (Wildman–Crippen LogP) is 3.30. The molecule has 2 rings (SSSR count). The molecule has 4 heteroatoms. The SMILES string of the molecule is CCNC(C)c1csc(C(OCC)C2CC2)n1. The molecular weight excluding hydrogens is 232 g/mol. The summed E-state index contributed by atoms with van der Waals surface area (Å²) in [7, 11) is 0. The monoisotopic (exact) mass is 254 g/mol. The van der Waals surface area contributed by atoms with Crippen molar-refractivity contribution in [1.82, 2.24) is 10.3 Å². The third kappa shape index (κ3) is 3.27. The summed E-state index contributed by atoms with van der Waals surface area (Å²) in [6.45, 7) is 8.10. The second kappa shape index (κ2) is 5.94. The molecule has 1 fully saturated rings. The molecule has 96 valence electrons. The molecule has 0 saturated heterocycles. The van der Waals surface area contributed by atoms with Crippen LogP contribution in [0, 0.1) is 5.92 Å². The highest BCUT2D eigenvalue weighted by molar-refractivity contribution is 7.09. The smallest absolute Gasteiger partial charge is 0.122 e. The van der Waals surface area contributed by atoms with Crippen molar-refractivity contribution < 1.29 is 4.74 Å². The molecule has 17 heavy (non-hydrogen) atoms. The molecule has 1 aliphatic rings. The van der Waals surface area contributed by atoms with Crippen LogP contribution in [0.4, 0.5) is 0 Å². The number of nitrogens with zero attached hydrogens (tertiary/aromatic N) is 1. The first-order valence-corrected chi connectivity index (χ1v) is 7.44. The molecule has 0 bridgehead atoms. The lowest BCUT2D eigenvalue weighted by Crippen LogP contribution is -2.18. The van der Waals surface area contributed by atoms with Gasteiger partial charge in [-0.1, -0.05) is 6.92 Å². The Bertz CT molecular complexity index is 349. The lowest BCUT2D eigenvalue weighted by molar-refractivity contribution is 0.0461. The Morgan fingerprint density at radius 2 is 2.29 bits per heavy atom. The fourth-order valence-corrected chi connectivity index (χ4v) is 3.08. The van der Waals surface area contributed by atoms with E-state index in [1.54, 1.807) is 11.3 Å². The van der Waals surface area contributed by atoms with Crippen molar-refractivity contribution in [3.63, 3.8) is 0 Å². The van der Waals surface area contributed by atoms with Gasteiger partial charge in [-0.25, -0.2) is 4.98 Å². The van der Waals surface area contributed by atoms with Crippen LogP contribution in [0.3, 0.4) is 0 Å². The number of rotatable bonds is 7. The Morgan fingerprint density at radius 1 is 1.53 bits per heavy atom. The minimum atomic E-state index is 0.243. The topological polar surface area (TPSA) is 34.1 Å². The van der Waals surface area contributed by atoms with Gasteiger partial charge in [0.25, 0.3) is 0 Å². The number of hydrogen-bond donors (Lipinski definition) is 1. The van der Waals surface area contributed by atoms with Gasteiger partial charge in [-0.2, -0.15) is 0 Å². The number of aromatic nitrogens is 1. The van der Waals surface area contributed by atoms with Crippen molar-refractivity contribution in [3.8, 4) is 0 Å². The van der Waals surface area contributed by atoms with Gasteiger partial charge in [0.15, 0.2) is 0 Å². The van der Waals surface area contributed by atoms with Crippen LogP contribution in [0.1, 0.15) is 56.5 Å². The second-order valence-electron chi connectivity index (χ2n) is 4.60. The van der Waals surface area contributed by atoms with Gasteiger partial charge in [0, 0.05) is 18.0 Å². The minimum absolute atomic E-state index is 0.243. The molecule has 1 saturated carbocycles. The van der Waals surface area contributed by atoms with Crippen LogP contribution < -0.4 is 5.32 Å². The number of hydrogen-bond acceptors (Lipinski definition) is 4. The van der Waals surface area contributed by atoms with Crippen molar-refractivity contribution >= 4 is 11.3 Å². The van der Waals surface area contributed by atoms with Crippen molar-refractivity contribution in [2.24, 2.45) is 5.92 Å². The summed E-state index contributed by atoms with van der Waals surface area (Å²) in [4.78, 5) is 4.74. The van der Waals surface area contributed by atoms with Gasteiger partial charge in [0.2, 0.25) is 0 Å². The van der Waals surface area contributed by atoms with Crippen molar-refractivity contribution in [2.75, 3.05) is 13.2 Å². The summed E-state index contributed by atoms with van der Waals surface area (Å²) in [5.74, 6) is 0.711. The van der Waals surface area contributed by atoms with Crippen molar-refractivity contribution in [1.29, 1.82) is 0 Å². The summed E-state index contributed by atoms with van der Waals surface area (Å²) in [5.41, 5.74) is 1.15. The molecule has 1 heterocycles. The Labute approximate surface area is 108 Å². The first-order chi connectivity index (χ1) is 8.26. The van der Waals surface area contributed by atoms with E-state index in [2.05, 4.69) is 31.5 Å². The van der Waals surface area contributed by atoms with E-state index in [4.69, 9.17) is 9.72 Å². The van der Waals surface area contributed by atoms with Crippen LogP contribution in [0.5, 0.6) is 0 Å². The highest BCUT2D eigenvalue weighted by Crippen LogP contribution is 2.44. The van der Waals surface area contributed by atoms with Gasteiger partial charge in [0.1, 0.15) is 11.1 Å². The van der Waals surface area contributed by atoms with E-state index in [1.165, 1.54) is 12.8 Å². The molecule has 0 aromatic carbocycles. The lowest BCUT2D eigenvalue weighted by atomic mass is 10.2. The largest absolute Gasteiger partial charge is 0.371 e. The molecule has 2 atom stereocenters. The molecule has 0 amide bonds. The first kappa shape index (κ1) is 13.0. The predicted molar refractivity (Wildman–Crippen MR) is 71.3 cm³/mol. The average Bonchev–Trinajstić information content (AvgIpc) is 3.03. The summed E-state index contributed by atoms with van der Waals surface area (Å²) in [6, 6.07) is 0.339. The van der Waals surface area contributed by atoms with Crippen LogP contribution in [0.2, 0.25) is 0 Å². The van der Waals surface area contributed by atoms with Crippen LogP contribution in [-0.2, 0) is 4.74 Å². The molecule has 0 spiro atoms. The molecule has 1 aromatic rings. The van der Waals surface area contributed by atoms with E-state index >= 15 is 0 Å². The van der Waals surface area contributed by atoms with Crippen LogP contribution in [0.15, 0.2) is 5.38 Å². The summed E-state index contributed by atoms with van der Waals surface area (Å²) in [6.07, 6.45) is 2.83. The first-order valence-electron chi connectivity index (χ1n) is 6.56. The molecule has 1 aliphatic carbocycles. The maximum Gasteiger partial charge on any atom is 0.122 e. The van der Waals surface area contributed by atoms with E-state index in [1.807, 2.05) is 0 Å². The van der Waals surface area contributed by atoms with Gasteiger partial charge in [-0.3, -0.25) is 0 Å². The van der Waals surface area contributed by atoms with Crippen molar-refractivity contribution in [3.05, 3.63) is 16.1 Å². The molecule has 3 nitrogen and oxygen atoms in total. The van der Waals surface area contributed by atoms with E-state index in [9.17, 15) is 0 Å². The molecule has 1 aromatic heterocycles. The number of ether oxygens (including phenoxy) is 1. The Kier molecular flexibility index (Phi) is 4.54. The van der Waals surface area contributed by atoms with Gasteiger partial charge >= 0.3 is 0 Å². The van der Waals surface area contributed by atoms with Gasteiger partial charge < -0.3 is 10.1 Å². The quantitative estimate of drug-likeness (QED) is 0.810. The van der Waals surface area contributed by atoms with E-state index in [0.29, 0.717) is 12.0 Å². The number of nitrogens with one attached hydrogen (secondary N) is 1. The summed E-state index contributed by atoms with van der Waals surface area (Å²) < 4.78 is 5.83. The standard InChI is InChI=1S/C13H22N2OS/c1-4-14-9(3)11-8-17-13(15-11)12(16-5-2)10-6-7-10/h8-10,12,14H,4-7H2,1-3H3. The van der Waals surface area contributed by atoms with Gasteiger partial charge in [-0.05, 0) is 39.2 Å². The van der Waals surface area contributed by atoms with Crippen molar-refractivity contribution in [2.45, 2.75) is 45.8 Å². The zero-order chi connectivity index (χ0) is 12.3. The number of thiazole rings is 1. The molecule has 2 unspecified atom stereocenters. The maximum absolute atomic E-state index is 5.83. The third-order valence-electron chi connectivity index (χ3n) is 3.13. The van der Waals surface area contributed by atoms with E-state index in [-0.39, 0.29) is 6.10 Å². The van der Waals surface area contributed by atoms with E-state index in [0.717, 1.165) is 23.9 Å². The Hall–Kier alpha value is -0.450. The maximum atomic E-state index is 5.83. The van der Waals surface area contributed by atoms with Crippen LogP contribution >= 0.6 is 11.3 Å². The molecular formula is C13H22N2OS. The molecule has 1 N–H and O–H groups in total. The third-order valence-corrected chi connectivity index (χ3v) is 4.06. The van der Waals surface area contributed by atoms with Gasteiger partial charge in [-0.15, -0.1) is 11.3 Å². The minimum Gasteiger partial charge on any atom is -0.371 e. The average molecular weight is 254 g/mol. The zero-order valence-corrected chi connectivity index (χ0v) is 11.7. The Balaban J connectivity index is 2.04. The highest BCUT2D eigenvalue weighted by Gasteiger charge is 2.34. The van der Waals surface area contributed by atoms with E-state index < -0.39 is 0 Å².